The molecule has 3 heteroatoms. The van der Waals surface area contributed by atoms with Crippen LogP contribution in [0.15, 0.2) is 12.3 Å². The van der Waals surface area contributed by atoms with E-state index < -0.39 is 0 Å². The van der Waals surface area contributed by atoms with Crippen LogP contribution in [0, 0.1) is 0 Å². The first-order chi connectivity index (χ1) is 3.80. The Morgan fingerprint density at radius 2 is 2.22 bits per heavy atom. The quantitative estimate of drug-likeness (QED) is 0.526. The van der Waals surface area contributed by atoms with E-state index in [0.29, 0.717) is 5.92 Å². The van der Waals surface area contributed by atoms with Crippen molar-refractivity contribution in [1.82, 2.24) is 10.2 Å². The Morgan fingerprint density at radius 1 is 1.56 bits per heavy atom. The van der Waals surface area contributed by atoms with Gasteiger partial charge in [-0.3, -0.25) is 0 Å². The summed E-state index contributed by atoms with van der Waals surface area (Å²) in [5.74, 6) is 0.512. The van der Waals surface area contributed by atoms with Gasteiger partial charge in [-0.1, -0.05) is 19.9 Å². The van der Waals surface area contributed by atoms with E-state index in [0.717, 1.165) is 5.69 Å². The molecular weight excluding hydrogens is 186 g/mol. The molecule has 1 aromatic rings. The molecule has 1 aromatic heterocycles. The topological polar surface area (TPSA) is 27.0 Å². The molecule has 0 aliphatic carbocycles. The predicted molar refractivity (Wildman–Crippen MR) is 31.6 cm³/mol. The standard InChI is InChI=1S/C6H9N2.Rb/c1-5(2)6-3-4-7-8-6;/h3-5H,1-2H3;/q-1;+1. The number of hydrogen-bond acceptors (Lipinski definition) is 1. The van der Waals surface area contributed by atoms with E-state index in [-0.39, 0.29) is 58.2 Å². The summed E-state index contributed by atoms with van der Waals surface area (Å²) in [6.45, 7) is 4.20. The van der Waals surface area contributed by atoms with Gasteiger partial charge in [-0.05, 0) is 5.92 Å². The second-order valence-electron chi connectivity index (χ2n) is 2.11. The SMILES string of the molecule is CC(C)c1cc[n-]n1.[Rb+]. The maximum Gasteiger partial charge on any atom is 1.00 e. The molecule has 0 aromatic carbocycles. The van der Waals surface area contributed by atoms with E-state index in [1.165, 1.54) is 0 Å². The van der Waals surface area contributed by atoms with Crippen molar-refractivity contribution >= 4 is 0 Å². The smallest absolute Gasteiger partial charge is 0.581 e. The van der Waals surface area contributed by atoms with Gasteiger partial charge in [0.1, 0.15) is 0 Å². The van der Waals surface area contributed by atoms with Crippen molar-refractivity contribution in [2.45, 2.75) is 19.8 Å². The fraction of sp³-hybridized carbons (Fsp3) is 0.500. The third-order valence-electron chi connectivity index (χ3n) is 1.08. The normalized spacial score (nSPS) is 9.22. The first-order valence-electron chi connectivity index (χ1n) is 2.75. The fourth-order valence-corrected chi connectivity index (χ4v) is 0.551. The summed E-state index contributed by atoms with van der Waals surface area (Å²) < 4.78 is 0. The van der Waals surface area contributed by atoms with Gasteiger partial charge in [-0.25, -0.2) is 0 Å². The van der Waals surface area contributed by atoms with Crippen LogP contribution in [0.25, 0.3) is 0 Å². The number of aromatic nitrogens is 2. The van der Waals surface area contributed by atoms with E-state index in [1.54, 1.807) is 6.20 Å². The molecule has 0 saturated carbocycles. The number of rotatable bonds is 1. The largest absolute Gasteiger partial charge is 1.00 e. The Kier molecular flexibility index (Phi) is 5.31. The van der Waals surface area contributed by atoms with Crippen molar-refractivity contribution in [2.24, 2.45) is 0 Å². The summed E-state index contributed by atoms with van der Waals surface area (Å²) in [5.41, 5.74) is 1.07. The molecule has 0 atom stereocenters. The Bertz CT molecular complexity index is 146. The molecule has 0 saturated heterocycles. The van der Waals surface area contributed by atoms with Gasteiger partial charge < -0.3 is 10.2 Å². The summed E-state index contributed by atoms with van der Waals surface area (Å²) in [4.78, 5) is 0. The van der Waals surface area contributed by atoms with Crippen LogP contribution in [0.1, 0.15) is 25.5 Å². The second kappa shape index (κ2) is 4.77. The maximum atomic E-state index is 3.87. The second-order valence-corrected chi connectivity index (χ2v) is 2.11. The van der Waals surface area contributed by atoms with E-state index in [4.69, 9.17) is 0 Å². The van der Waals surface area contributed by atoms with Gasteiger partial charge in [0.15, 0.2) is 0 Å². The van der Waals surface area contributed by atoms with Crippen molar-refractivity contribution in [3.63, 3.8) is 0 Å². The number of nitrogens with zero attached hydrogens (tertiary/aromatic N) is 2. The van der Waals surface area contributed by atoms with Gasteiger partial charge in [0.2, 0.25) is 0 Å². The molecule has 0 spiro atoms. The van der Waals surface area contributed by atoms with Crippen LogP contribution in [-0.2, 0) is 0 Å². The molecule has 1 rings (SSSR count). The summed E-state index contributed by atoms with van der Waals surface area (Å²) in [7, 11) is 0. The van der Waals surface area contributed by atoms with Gasteiger partial charge in [0.25, 0.3) is 0 Å². The molecule has 0 unspecified atom stereocenters. The van der Waals surface area contributed by atoms with Crippen molar-refractivity contribution in [1.29, 1.82) is 0 Å². The zero-order valence-corrected chi connectivity index (χ0v) is 11.0. The summed E-state index contributed by atoms with van der Waals surface area (Å²) in [5, 5.41) is 7.56. The molecular formula is C6H9N2Rb. The van der Waals surface area contributed by atoms with Crippen molar-refractivity contribution in [3.8, 4) is 0 Å². The van der Waals surface area contributed by atoms with Crippen molar-refractivity contribution < 1.29 is 58.2 Å². The molecule has 0 N–H and O–H groups in total. The average Bonchev–Trinajstić information content (AvgIpc) is 2.12. The molecule has 0 aliphatic heterocycles. The minimum absolute atomic E-state index is 0. The van der Waals surface area contributed by atoms with Crippen molar-refractivity contribution in [2.75, 3.05) is 0 Å². The van der Waals surface area contributed by atoms with E-state index in [2.05, 4.69) is 24.0 Å². The monoisotopic (exact) mass is 194 g/mol. The molecule has 0 fully saturated rings. The van der Waals surface area contributed by atoms with Gasteiger partial charge in [0, 0.05) is 5.69 Å². The Balaban J connectivity index is 0.000000640. The van der Waals surface area contributed by atoms with Crippen LogP contribution in [0.4, 0.5) is 0 Å². The molecule has 2 nitrogen and oxygen atoms in total. The van der Waals surface area contributed by atoms with Crippen molar-refractivity contribution in [3.05, 3.63) is 18.0 Å². The molecule has 44 valence electrons. The fourth-order valence-electron chi connectivity index (χ4n) is 0.551. The van der Waals surface area contributed by atoms with E-state index in [1.807, 2.05) is 6.07 Å². The zero-order valence-electron chi connectivity index (χ0n) is 6.13. The molecule has 0 radical (unpaired) electrons. The van der Waals surface area contributed by atoms with Gasteiger partial charge >= 0.3 is 58.2 Å². The van der Waals surface area contributed by atoms with Crippen LogP contribution >= 0.6 is 0 Å². The Hall–Kier alpha value is 1.02. The van der Waals surface area contributed by atoms with Gasteiger partial charge in [-0.2, -0.15) is 6.20 Å². The Labute approximate surface area is 104 Å². The average molecular weight is 195 g/mol. The van der Waals surface area contributed by atoms with Crippen LogP contribution in [-0.4, -0.2) is 5.10 Å². The predicted octanol–water partition coefficient (Wildman–Crippen LogP) is -1.83. The van der Waals surface area contributed by atoms with Gasteiger partial charge in [-0.15, -0.1) is 0 Å². The molecule has 9 heavy (non-hydrogen) atoms. The Morgan fingerprint density at radius 3 is 2.44 bits per heavy atom. The minimum Gasteiger partial charge on any atom is -0.581 e. The number of hydrogen-bond donors (Lipinski definition) is 0. The minimum atomic E-state index is 0. The molecule has 0 amide bonds. The van der Waals surface area contributed by atoms with Gasteiger partial charge in [0.05, 0.1) is 0 Å². The zero-order chi connectivity index (χ0) is 5.98. The third-order valence-corrected chi connectivity index (χ3v) is 1.08. The third kappa shape index (κ3) is 3.07. The van der Waals surface area contributed by atoms with Crippen LogP contribution in [0.2, 0.25) is 0 Å². The van der Waals surface area contributed by atoms with Crippen LogP contribution < -0.4 is 63.3 Å². The van der Waals surface area contributed by atoms with E-state index >= 15 is 0 Å². The summed E-state index contributed by atoms with van der Waals surface area (Å²) in [6, 6.07) is 1.94. The first-order valence-corrected chi connectivity index (χ1v) is 2.75. The van der Waals surface area contributed by atoms with Crippen LogP contribution in [0.5, 0.6) is 0 Å². The summed E-state index contributed by atoms with van der Waals surface area (Å²) in [6.07, 6.45) is 1.72. The molecule has 0 aliphatic rings. The van der Waals surface area contributed by atoms with Crippen LogP contribution in [0.3, 0.4) is 0 Å². The maximum absolute atomic E-state index is 3.87. The molecule has 1 heterocycles. The first kappa shape index (κ1) is 10.0. The summed E-state index contributed by atoms with van der Waals surface area (Å²) >= 11 is 0. The van der Waals surface area contributed by atoms with E-state index in [9.17, 15) is 0 Å². The molecule has 0 bridgehead atoms.